The van der Waals surface area contributed by atoms with E-state index in [1.165, 1.54) is 5.56 Å². The Hall–Kier alpha value is -1.67. The van der Waals surface area contributed by atoms with E-state index >= 15 is 0 Å². The number of hydrogen-bond acceptors (Lipinski definition) is 2. The Morgan fingerprint density at radius 2 is 1.72 bits per heavy atom. The van der Waals surface area contributed by atoms with Crippen LogP contribution < -0.4 is 10.5 Å². The smallest absolute Gasteiger partial charge is 0.121 e. The van der Waals surface area contributed by atoms with Crippen molar-refractivity contribution in [1.29, 1.82) is 0 Å². The summed E-state index contributed by atoms with van der Waals surface area (Å²) >= 11 is 0. The van der Waals surface area contributed by atoms with Gasteiger partial charge in [0.2, 0.25) is 0 Å². The van der Waals surface area contributed by atoms with Crippen LogP contribution in [0.25, 0.3) is 0 Å². The maximum absolute atomic E-state index is 5.67. The van der Waals surface area contributed by atoms with Crippen molar-refractivity contribution in [3.8, 4) is 5.75 Å². The normalized spacial score (nSPS) is 9.56. The van der Waals surface area contributed by atoms with E-state index in [0.29, 0.717) is 0 Å². The quantitative estimate of drug-likeness (QED) is 0.659. The van der Waals surface area contributed by atoms with Gasteiger partial charge in [0.05, 0.1) is 6.61 Å². The van der Waals surface area contributed by atoms with Crippen LogP contribution in [-0.2, 0) is 6.42 Å². The summed E-state index contributed by atoms with van der Waals surface area (Å²) in [6.45, 7) is 0.721. The molecule has 0 atom stereocenters. The first-order valence-corrected chi connectivity index (χ1v) is 5.87. The van der Waals surface area contributed by atoms with E-state index in [1.54, 1.807) is 0 Å². The van der Waals surface area contributed by atoms with Crippen LogP contribution in [0.3, 0.4) is 0 Å². The lowest BCUT2D eigenvalue weighted by Crippen LogP contribution is -1.99. The lowest BCUT2D eigenvalue weighted by atomic mass is 10.1. The first-order chi connectivity index (χ1) is 8.34. The fourth-order valence-corrected chi connectivity index (χ4v) is 1.72. The number of nitrogen functional groups attached to an aromatic ring is 1. The molecule has 0 amide bonds. The molecule has 2 N–H and O–H groups in total. The first kappa shape index (κ1) is 14.4. The molecule has 0 aliphatic heterocycles. The van der Waals surface area contributed by atoms with Crippen molar-refractivity contribution in [2.75, 3.05) is 12.3 Å². The van der Waals surface area contributed by atoms with Crippen molar-refractivity contribution in [1.82, 2.24) is 0 Å². The van der Waals surface area contributed by atoms with E-state index in [4.69, 9.17) is 10.5 Å². The lowest BCUT2D eigenvalue weighted by molar-refractivity contribution is 0.311. The summed E-state index contributed by atoms with van der Waals surface area (Å²) in [5.41, 5.74) is 7.77. The molecular formula is C15H18ClNO. The Kier molecular flexibility index (Phi) is 6.09. The summed E-state index contributed by atoms with van der Waals surface area (Å²) < 4.78 is 5.63. The van der Waals surface area contributed by atoms with Crippen LogP contribution in [0.4, 0.5) is 5.69 Å². The van der Waals surface area contributed by atoms with Crippen molar-refractivity contribution >= 4 is 18.1 Å². The van der Waals surface area contributed by atoms with Crippen molar-refractivity contribution < 1.29 is 4.74 Å². The molecule has 0 heterocycles. The summed E-state index contributed by atoms with van der Waals surface area (Å²) in [5.74, 6) is 0.845. The highest BCUT2D eigenvalue weighted by Crippen LogP contribution is 2.14. The van der Waals surface area contributed by atoms with Crippen LogP contribution in [-0.4, -0.2) is 6.61 Å². The maximum Gasteiger partial charge on any atom is 0.121 e. The fraction of sp³-hybridized carbons (Fsp3) is 0.200. The second-order valence-corrected chi connectivity index (χ2v) is 4.01. The molecule has 96 valence electrons. The molecule has 0 spiro atoms. The van der Waals surface area contributed by atoms with Gasteiger partial charge in [-0.25, -0.2) is 0 Å². The summed E-state index contributed by atoms with van der Waals surface area (Å²) in [6.07, 6.45) is 2.06. The van der Waals surface area contributed by atoms with Crippen LogP contribution >= 0.6 is 12.4 Å². The highest BCUT2D eigenvalue weighted by atomic mass is 35.5. The van der Waals surface area contributed by atoms with Crippen LogP contribution in [0.5, 0.6) is 5.75 Å². The minimum Gasteiger partial charge on any atom is -0.494 e. The van der Waals surface area contributed by atoms with Crippen LogP contribution in [0, 0.1) is 0 Å². The lowest BCUT2D eigenvalue weighted by Gasteiger charge is -2.06. The second-order valence-electron chi connectivity index (χ2n) is 4.01. The molecule has 2 rings (SSSR count). The topological polar surface area (TPSA) is 35.2 Å². The van der Waals surface area contributed by atoms with Crippen LogP contribution in [0.15, 0.2) is 54.6 Å². The van der Waals surface area contributed by atoms with E-state index in [9.17, 15) is 0 Å². The van der Waals surface area contributed by atoms with Gasteiger partial charge in [0.15, 0.2) is 0 Å². The number of benzene rings is 2. The monoisotopic (exact) mass is 263 g/mol. The van der Waals surface area contributed by atoms with Crippen LogP contribution in [0.1, 0.15) is 12.0 Å². The van der Waals surface area contributed by atoms with Gasteiger partial charge in [-0.05, 0) is 30.5 Å². The Balaban J connectivity index is 0.00000162. The molecule has 18 heavy (non-hydrogen) atoms. The number of anilines is 1. The predicted molar refractivity (Wildman–Crippen MR) is 78.4 cm³/mol. The van der Waals surface area contributed by atoms with E-state index < -0.39 is 0 Å². The third-order valence-corrected chi connectivity index (χ3v) is 2.58. The van der Waals surface area contributed by atoms with Crippen LogP contribution in [0.2, 0.25) is 0 Å². The van der Waals surface area contributed by atoms with E-state index in [1.807, 2.05) is 30.3 Å². The van der Waals surface area contributed by atoms with Gasteiger partial charge in [-0.3, -0.25) is 0 Å². The average molecular weight is 264 g/mol. The minimum absolute atomic E-state index is 0. The van der Waals surface area contributed by atoms with E-state index in [0.717, 1.165) is 30.9 Å². The molecule has 0 radical (unpaired) electrons. The summed E-state index contributed by atoms with van der Waals surface area (Å²) in [7, 11) is 0. The SMILES string of the molecule is Cl.Nc1cccc(OCCCc2ccccc2)c1. The average Bonchev–Trinajstić information content (AvgIpc) is 2.36. The van der Waals surface area contributed by atoms with Crippen molar-refractivity contribution in [2.45, 2.75) is 12.8 Å². The zero-order valence-electron chi connectivity index (χ0n) is 10.2. The Morgan fingerprint density at radius 1 is 0.944 bits per heavy atom. The molecule has 3 heteroatoms. The highest BCUT2D eigenvalue weighted by molar-refractivity contribution is 5.85. The fourth-order valence-electron chi connectivity index (χ4n) is 1.72. The molecule has 2 aromatic rings. The standard InChI is InChI=1S/C15H17NO.ClH/c16-14-9-4-10-15(12-14)17-11-5-8-13-6-2-1-3-7-13;/h1-4,6-7,9-10,12H,5,8,11,16H2;1H. The number of rotatable bonds is 5. The Morgan fingerprint density at radius 3 is 2.44 bits per heavy atom. The zero-order chi connectivity index (χ0) is 11.9. The molecule has 0 aliphatic carbocycles. The summed E-state index contributed by atoms with van der Waals surface area (Å²) in [6, 6.07) is 18.0. The van der Waals surface area contributed by atoms with Gasteiger partial charge in [0.1, 0.15) is 5.75 Å². The van der Waals surface area contributed by atoms with Crippen molar-refractivity contribution in [2.24, 2.45) is 0 Å². The van der Waals surface area contributed by atoms with Crippen molar-refractivity contribution in [3.05, 3.63) is 60.2 Å². The number of ether oxygens (including phenoxy) is 1. The number of aryl methyl sites for hydroxylation is 1. The Labute approximate surface area is 114 Å². The van der Waals surface area contributed by atoms with Crippen molar-refractivity contribution in [3.63, 3.8) is 0 Å². The zero-order valence-corrected chi connectivity index (χ0v) is 11.0. The molecule has 0 aliphatic rings. The number of hydrogen-bond donors (Lipinski definition) is 1. The third kappa shape index (κ3) is 4.68. The van der Waals surface area contributed by atoms with Gasteiger partial charge < -0.3 is 10.5 Å². The molecule has 0 aromatic heterocycles. The summed E-state index contributed by atoms with van der Waals surface area (Å²) in [5, 5.41) is 0. The second kappa shape index (κ2) is 7.62. The summed E-state index contributed by atoms with van der Waals surface area (Å²) in [4.78, 5) is 0. The molecule has 0 fully saturated rings. The van der Waals surface area contributed by atoms with E-state index in [2.05, 4.69) is 24.3 Å². The molecule has 0 bridgehead atoms. The molecular weight excluding hydrogens is 246 g/mol. The van der Waals surface area contributed by atoms with Gasteiger partial charge in [-0.15, -0.1) is 12.4 Å². The highest BCUT2D eigenvalue weighted by Gasteiger charge is 1.95. The molecule has 2 aromatic carbocycles. The molecule has 2 nitrogen and oxygen atoms in total. The van der Waals surface area contributed by atoms with Gasteiger partial charge in [0.25, 0.3) is 0 Å². The maximum atomic E-state index is 5.67. The van der Waals surface area contributed by atoms with Gasteiger partial charge in [0, 0.05) is 11.8 Å². The van der Waals surface area contributed by atoms with Gasteiger partial charge in [-0.2, -0.15) is 0 Å². The third-order valence-electron chi connectivity index (χ3n) is 2.58. The first-order valence-electron chi connectivity index (χ1n) is 5.87. The minimum atomic E-state index is 0. The number of halogens is 1. The molecule has 0 saturated carbocycles. The largest absolute Gasteiger partial charge is 0.494 e. The number of nitrogens with two attached hydrogens (primary N) is 1. The van der Waals surface area contributed by atoms with Gasteiger partial charge in [-0.1, -0.05) is 36.4 Å². The predicted octanol–water partition coefficient (Wildman–Crippen LogP) is 3.70. The Bertz CT molecular complexity index is 459. The molecule has 0 unspecified atom stereocenters. The van der Waals surface area contributed by atoms with Gasteiger partial charge >= 0.3 is 0 Å². The molecule has 0 saturated heterocycles. The van der Waals surface area contributed by atoms with E-state index in [-0.39, 0.29) is 12.4 Å².